The molecule has 0 unspecified atom stereocenters. The topological polar surface area (TPSA) is 38.3 Å². The van der Waals surface area contributed by atoms with Gasteiger partial charge in [-0.1, -0.05) is 0 Å². The summed E-state index contributed by atoms with van der Waals surface area (Å²) in [5, 5.41) is 3.04. The van der Waals surface area contributed by atoms with Crippen molar-refractivity contribution in [3.63, 3.8) is 0 Å². The minimum atomic E-state index is 0.0267. The molecule has 0 atom stereocenters. The van der Waals surface area contributed by atoms with Crippen LogP contribution in [0.15, 0.2) is 42.5 Å². The van der Waals surface area contributed by atoms with Crippen LogP contribution in [0.2, 0.25) is 0 Å². The highest BCUT2D eigenvalue weighted by atomic mass is 16.5. The summed E-state index contributed by atoms with van der Waals surface area (Å²) in [4.78, 5) is 12.4. The molecule has 0 saturated carbocycles. The first-order chi connectivity index (χ1) is 9.65. The van der Waals surface area contributed by atoms with E-state index in [1.807, 2.05) is 63.4 Å². The molecular weight excluding hydrogens is 250 g/mol. The molecule has 0 saturated heterocycles. The average Bonchev–Trinajstić information content (AvgIpc) is 2.49. The summed E-state index contributed by atoms with van der Waals surface area (Å²) in [5.74, 6) is 0.855. The maximum Gasteiger partial charge on any atom is 0.193 e. The number of carbonyl (C=O) groups excluding carboxylic acids is 1. The third kappa shape index (κ3) is 2.99. The lowest BCUT2D eigenvalue weighted by atomic mass is 10.0. The molecule has 1 N–H and O–H groups in total. The number of carbonyl (C=O) groups is 1. The van der Waals surface area contributed by atoms with Crippen molar-refractivity contribution in [3.05, 3.63) is 59.2 Å². The van der Waals surface area contributed by atoms with Crippen LogP contribution in [-0.4, -0.2) is 19.4 Å². The fraction of sp³-hybridized carbons (Fsp3) is 0.235. The zero-order chi connectivity index (χ0) is 14.5. The Morgan fingerprint density at radius 2 is 1.75 bits per heavy atom. The lowest BCUT2D eigenvalue weighted by Crippen LogP contribution is -2.03. The second-order valence-corrected chi connectivity index (χ2v) is 4.57. The van der Waals surface area contributed by atoms with Gasteiger partial charge in [-0.3, -0.25) is 4.79 Å². The van der Waals surface area contributed by atoms with Crippen molar-refractivity contribution in [2.75, 3.05) is 19.0 Å². The standard InChI is InChI=1S/C17H19NO2/c1-4-20-16-10-7-14(11-12(16)2)17(19)13-5-8-15(18-3)9-6-13/h5-11,18H,4H2,1-3H3. The quantitative estimate of drug-likeness (QED) is 0.842. The molecule has 2 rings (SSSR count). The van der Waals surface area contributed by atoms with Gasteiger partial charge in [0.25, 0.3) is 0 Å². The third-order valence-corrected chi connectivity index (χ3v) is 3.17. The van der Waals surface area contributed by atoms with Crippen LogP contribution in [0.25, 0.3) is 0 Å². The van der Waals surface area contributed by atoms with Gasteiger partial charge in [0, 0.05) is 23.9 Å². The van der Waals surface area contributed by atoms with Gasteiger partial charge in [0.1, 0.15) is 5.75 Å². The normalized spacial score (nSPS) is 10.2. The zero-order valence-electron chi connectivity index (χ0n) is 12.1. The molecule has 3 heteroatoms. The number of rotatable bonds is 5. The highest BCUT2D eigenvalue weighted by molar-refractivity contribution is 6.09. The van der Waals surface area contributed by atoms with Crippen LogP contribution in [0.5, 0.6) is 5.75 Å². The van der Waals surface area contributed by atoms with Crippen molar-refractivity contribution >= 4 is 11.5 Å². The van der Waals surface area contributed by atoms with E-state index in [1.54, 1.807) is 0 Å². The lowest BCUT2D eigenvalue weighted by molar-refractivity contribution is 0.103. The van der Waals surface area contributed by atoms with Gasteiger partial charge in [-0.05, 0) is 61.9 Å². The van der Waals surface area contributed by atoms with Crippen molar-refractivity contribution in [1.82, 2.24) is 0 Å². The molecule has 0 spiro atoms. The number of anilines is 1. The van der Waals surface area contributed by atoms with Gasteiger partial charge in [-0.25, -0.2) is 0 Å². The fourth-order valence-electron chi connectivity index (χ4n) is 2.06. The minimum absolute atomic E-state index is 0.0267. The smallest absolute Gasteiger partial charge is 0.193 e. The first-order valence-electron chi connectivity index (χ1n) is 6.71. The van der Waals surface area contributed by atoms with E-state index in [1.165, 1.54) is 0 Å². The summed E-state index contributed by atoms with van der Waals surface area (Å²) in [7, 11) is 1.85. The van der Waals surface area contributed by atoms with Gasteiger partial charge in [0.15, 0.2) is 5.78 Å². The fourth-order valence-corrected chi connectivity index (χ4v) is 2.06. The molecule has 0 aliphatic carbocycles. The summed E-state index contributed by atoms with van der Waals surface area (Å²) >= 11 is 0. The van der Waals surface area contributed by atoms with Crippen LogP contribution >= 0.6 is 0 Å². The highest BCUT2D eigenvalue weighted by Crippen LogP contribution is 2.21. The van der Waals surface area contributed by atoms with Crippen molar-refractivity contribution in [2.45, 2.75) is 13.8 Å². The maximum absolute atomic E-state index is 12.4. The molecule has 0 heterocycles. The molecule has 0 amide bonds. The molecule has 0 radical (unpaired) electrons. The van der Waals surface area contributed by atoms with Crippen LogP contribution in [0.3, 0.4) is 0 Å². The second-order valence-electron chi connectivity index (χ2n) is 4.57. The molecule has 2 aromatic carbocycles. The van der Waals surface area contributed by atoms with Crippen LogP contribution in [-0.2, 0) is 0 Å². The molecule has 3 nitrogen and oxygen atoms in total. The van der Waals surface area contributed by atoms with Crippen LogP contribution in [0, 0.1) is 6.92 Å². The highest BCUT2D eigenvalue weighted by Gasteiger charge is 2.10. The third-order valence-electron chi connectivity index (χ3n) is 3.17. The van der Waals surface area contributed by atoms with Gasteiger partial charge >= 0.3 is 0 Å². The van der Waals surface area contributed by atoms with E-state index in [0.29, 0.717) is 17.7 Å². The van der Waals surface area contributed by atoms with E-state index >= 15 is 0 Å². The Bertz CT molecular complexity index is 603. The van der Waals surface area contributed by atoms with Gasteiger partial charge in [0.05, 0.1) is 6.61 Å². The Kier molecular flexibility index (Phi) is 4.41. The summed E-state index contributed by atoms with van der Waals surface area (Å²) in [6.45, 7) is 4.52. The van der Waals surface area contributed by atoms with E-state index in [0.717, 1.165) is 17.0 Å². The number of ketones is 1. The first kappa shape index (κ1) is 14.1. The SMILES string of the molecule is CCOc1ccc(C(=O)c2ccc(NC)cc2)cc1C. The number of hydrogen-bond acceptors (Lipinski definition) is 3. The monoisotopic (exact) mass is 269 g/mol. The Morgan fingerprint density at radius 3 is 2.30 bits per heavy atom. The van der Waals surface area contributed by atoms with Crippen LogP contribution < -0.4 is 10.1 Å². The molecule has 0 bridgehead atoms. The Morgan fingerprint density at radius 1 is 1.10 bits per heavy atom. The number of nitrogens with one attached hydrogen (secondary N) is 1. The molecular formula is C17H19NO2. The van der Waals surface area contributed by atoms with Gasteiger partial charge in [0.2, 0.25) is 0 Å². The number of benzene rings is 2. The number of ether oxygens (including phenoxy) is 1. The summed E-state index contributed by atoms with van der Waals surface area (Å²) in [6, 6.07) is 13.0. The number of aryl methyl sites for hydroxylation is 1. The van der Waals surface area contributed by atoms with E-state index in [2.05, 4.69) is 5.32 Å². The Labute approximate surface area is 119 Å². The Balaban J connectivity index is 2.26. The largest absolute Gasteiger partial charge is 0.494 e. The van der Waals surface area contributed by atoms with Crippen LogP contribution in [0.1, 0.15) is 28.4 Å². The van der Waals surface area contributed by atoms with E-state index in [4.69, 9.17) is 4.74 Å². The van der Waals surface area contributed by atoms with Crippen molar-refractivity contribution in [3.8, 4) is 5.75 Å². The zero-order valence-corrected chi connectivity index (χ0v) is 12.1. The maximum atomic E-state index is 12.4. The molecule has 0 aromatic heterocycles. The van der Waals surface area contributed by atoms with Crippen molar-refractivity contribution < 1.29 is 9.53 Å². The molecule has 0 fully saturated rings. The van der Waals surface area contributed by atoms with E-state index < -0.39 is 0 Å². The van der Waals surface area contributed by atoms with E-state index in [9.17, 15) is 4.79 Å². The average molecular weight is 269 g/mol. The molecule has 2 aromatic rings. The second kappa shape index (κ2) is 6.24. The van der Waals surface area contributed by atoms with Crippen molar-refractivity contribution in [1.29, 1.82) is 0 Å². The number of hydrogen-bond donors (Lipinski definition) is 1. The molecule has 104 valence electrons. The predicted molar refractivity (Wildman–Crippen MR) is 81.8 cm³/mol. The summed E-state index contributed by atoms with van der Waals surface area (Å²) in [6.07, 6.45) is 0. The molecule has 20 heavy (non-hydrogen) atoms. The van der Waals surface area contributed by atoms with Crippen molar-refractivity contribution in [2.24, 2.45) is 0 Å². The van der Waals surface area contributed by atoms with Gasteiger partial charge in [-0.15, -0.1) is 0 Å². The molecule has 0 aliphatic rings. The van der Waals surface area contributed by atoms with Gasteiger partial charge < -0.3 is 10.1 Å². The van der Waals surface area contributed by atoms with E-state index in [-0.39, 0.29) is 5.78 Å². The summed E-state index contributed by atoms with van der Waals surface area (Å²) < 4.78 is 5.49. The predicted octanol–water partition coefficient (Wildman–Crippen LogP) is 3.67. The lowest BCUT2D eigenvalue weighted by Gasteiger charge is -2.09. The Hall–Kier alpha value is -2.29. The molecule has 0 aliphatic heterocycles. The summed E-state index contributed by atoms with van der Waals surface area (Å²) in [5.41, 5.74) is 3.34. The van der Waals surface area contributed by atoms with Crippen LogP contribution in [0.4, 0.5) is 5.69 Å². The first-order valence-corrected chi connectivity index (χ1v) is 6.71. The minimum Gasteiger partial charge on any atom is -0.494 e. The van der Waals surface area contributed by atoms with Gasteiger partial charge in [-0.2, -0.15) is 0 Å².